The van der Waals surface area contributed by atoms with Crippen LogP contribution in [0.1, 0.15) is 34.6 Å². The van der Waals surface area contributed by atoms with Gasteiger partial charge in [-0.2, -0.15) is 0 Å². The summed E-state index contributed by atoms with van der Waals surface area (Å²) in [4.78, 5) is 29.3. The Balaban J connectivity index is 2.22. The number of carbonyl (C=O) groups is 2. The highest BCUT2D eigenvalue weighted by Gasteiger charge is 2.25. The molecule has 0 radical (unpaired) electrons. The van der Waals surface area contributed by atoms with Gasteiger partial charge in [0.25, 0.3) is 0 Å². The minimum atomic E-state index is -0.600. The molecule has 9 heteroatoms. The lowest BCUT2D eigenvalue weighted by atomic mass is 10.0. The number of rotatable bonds is 7. The molecule has 2 heterocycles. The van der Waals surface area contributed by atoms with E-state index in [0.29, 0.717) is 33.0 Å². The molecule has 0 spiro atoms. The molecule has 7 nitrogen and oxygen atoms in total. The van der Waals surface area contributed by atoms with Gasteiger partial charge in [0, 0.05) is 18.1 Å². The van der Waals surface area contributed by atoms with Crippen LogP contribution in [0, 0.1) is 0 Å². The zero-order valence-corrected chi connectivity index (χ0v) is 18.2. The molecule has 0 unspecified atom stereocenters. The molecule has 0 atom stereocenters. The van der Waals surface area contributed by atoms with Crippen molar-refractivity contribution in [1.29, 1.82) is 0 Å². The summed E-state index contributed by atoms with van der Waals surface area (Å²) in [5.74, 6) is -1.03. The van der Waals surface area contributed by atoms with Gasteiger partial charge in [-0.3, -0.25) is 4.57 Å². The summed E-state index contributed by atoms with van der Waals surface area (Å²) >= 11 is 12.9. The molecule has 0 aliphatic heterocycles. The highest BCUT2D eigenvalue weighted by Crippen LogP contribution is 2.37. The lowest BCUT2D eigenvalue weighted by Gasteiger charge is -2.13. The van der Waals surface area contributed by atoms with E-state index in [1.807, 2.05) is 0 Å². The summed E-state index contributed by atoms with van der Waals surface area (Å²) in [5.41, 5.74) is 1.87. The number of esters is 2. The molecule has 158 valence electrons. The molecular formula is C21H20Cl2N2O5. The van der Waals surface area contributed by atoms with Crippen molar-refractivity contribution >= 4 is 46.2 Å². The van der Waals surface area contributed by atoms with Crippen molar-refractivity contribution < 1.29 is 23.8 Å². The largest absolute Gasteiger partial charge is 0.462 e. The van der Waals surface area contributed by atoms with E-state index in [1.54, 1.807) is 48.7 Å². The van der Waals surface area contributed by atoms with Gasteiger partial charge in [-0.25, -0.2) is 14.6 Å². The summed E-state index contributed by atoms with van der Waals surface area (Å²) in [6.45, 7) is 4.06. The van der Waals surface area contributed by atoms with Crippen LogP contribution in [0.15, 0.2) is 30.3 Å². The monoisotopic (exact) mass is 450 g/mol. The van der Waals surface area contributed by atoms with E-state index in [9.17, 15) is 9.59 Å². The topological polar surface area (TPSA) is 79.6 Å². The molecule has 0 saturated heterocycles. The number of pyridine rings is 1. The Morgan fingerprint density at radius 3 is 2.27 bits per heavy atom. The van der Waals surface area contributed by atoms with Gasteiger partial charge in [0.05, 0.1) is 29.5 Å². The maximum Gasteiger partial charge on any atom is 0.341 e. The Bertz CT molecular complexity index is 1090. The van der Waals surface area contributed by atoms with E-state index >= 15 is 0 Å². The third-order valence-electron chi connectivity index (χ3n) is 4.34. The van der Waals surface area contributed by atoms with Gasteiger partial charge < -0.3 is 14.2 Å². The molecule has 0 bridgehead atoms. The average molecular weight is 451 g/mol. The van der Waals surface area contributed by atoms with Crippen LogP contribution in [0.25, 0.3) is 22.3 Å². The molecular weight excluding hydrogens is 431 g/mol. The van der Waals surface area contributed by atoms with Crippen LogP contribution in [-0.4, -0.2) is 41.8 Å². The van der Waals surface area contributed by atoms with Crippen molar-refractivity contribution in [2.75, 3.05) is 20.3 Å². The van der Waals surface area contributed by atoms with Crippen LogP contribution < -0.4 is 0 Å². The summed E-state index contributed by atoms with van der Waals surface area (Å²) in [7, 11) is 1.53. The second-order valence-electron chi connectivity index (χ2n) is 6.22. The minimum Gasteiger partial charge on any atom is -0.462 e. The second kappa shape index (κ2) is 9.47. The molecule has 0 amide bonds. The predicted octanol–water partition coefficient (Wildman–Crippen LogP) is 4.97. The first-order valence-electron chi connectivity index (χ1n) is 9.24. The van der Waals surface area contributed by atoms with Gasteiger partial charge in [0.2, 0.25) is 0 Å². The lowest BCUT2D eigenvalue weighted by molar-refractivity contribution is 0.0516. The van der Waals surface area contributed by atoms with Gasteiger partial charge in [0.15, 0.2) is 0 Å². The van der Waals surface area contributed by atoms with Crippen LogP contribution in [0.3, 0.4) is 0 Å². The number of nitrogens with zero attached hydrogens (tertiary/aromatic N) is 2. The molecule has 3 aromatic rings. The molecule has 0 fully saturated rings. The summed E-state index contributed by atoms with van der Waals surface area (Å²) in [6, 6.07) is 8.17. The molecule has 0 N–H and O–H groups in total. The summed E-state index contributed by atoms with van der Waals surface area (Å²) in [5, 5.41) is 1.05. The Morgan fingerprint density at radius 2 is 1.67 bits per heavy atom. The highest BCUT2D eigenvalue weighted by atomic mass is 35.5. The second-order valence-corrected chi connectivity index (χ2v) is 6.98. The quantitative estimate of drug-likeness (QED) is 0.472. The molecule has 0 saturated carbocycles. The van der Waals surface area contributed by atoms with E-state index in [2.05, 4.69) is 4.98 Å². The van der Waals surface area contributed by atoms with Gasteiger partial charge in [-0.1, -0.05) is 35.3 Å². The molecule has 0 aliphatic rings. The van der Waals surface area contributed by atoms with Crippen molar-refractivity contribution in [3.8, 4) is 11.3 Å². The van der Waals surface area contributed by atoms with Gasteiger partial charge in [0.1, 0.15) is 23.1 Å². The third kappa shape index (κ3) is 4.14. The van der Waals surface area contributed by atoms with E-state index in [4.69, 9.17) is 37.4 Å². The SMILES string of the molecule is CCOC(=O)c1ccc(-c2nc3c(cc(Cl)n3COC)c(Cl)c2C(=O)OCC)cc1. The smallest absolute Gasteiger partial charge is 0.341 e. The fourth-order valence-corrected chi connectivity index (χ4v) is 3.56. The number of aromatic nitrogens is 2. The Hall–Kier alpha value is -2.61. The van der Waals surface area contributed by atoms with Crippen LogP contribution in [0.5, 0.6) is 0 Å². The number of fused-ring (bicyclic) bond motifs is 1. The molecule has 3 rings (SSSR count). The zero-order valence-electron chi connectivity index (χ0n) is 16.7. The molecule has 2 aromatic heterocycles. The minimum absolute atomic E-state index is 0.126. The summed E-state index contributed by atoms with van der Waals surface area (Å²) in [6.07, 6.45) is 0. The molecule has 1 aromatic carbocycles. The maximum atomic E-state index is 12.7. The lowest BCUT2D eigenvalue weighted by Crippen LogP contribution is -2.10. The average Bonchev–Trinajstić information content (AvgIpc) is 3.04. The van der Waals surface area contributed by atoms with Gasteiger partial charge >= 0.3 is 11.9 Å². The number of halogens is 2. The van der Waals surface area contributed by atoms with Gasteiger partial charge in [-0.15, -0.1) is 0 Å². The number of benzene rings is 1. The van der Waals surface area contributed by atoms with Gasteiger partial charge in [-0.05, 0) is 32.0 Å². The van der Waals surface area contributed by atoms with E-state index in [1.165, 1.54) is 7.11 Å². The van der Waals surface area contributed by atoms with E-state index in [0.717, 1.165) is 0 Å². The van der Waals surface area contributed by atoms with Crippen LogP contribution in [-0.2, 0) is 20.9 Å². The number of carbonyl (C=O) groups excluding carboxylic acids is 2. The maximum absolute atomic E-state index is 12.7. The first-order chi connectivity index (χ1) is 14.4. The number of methoxy groups -OCH3 is 1. The predicted molar refractivity (Wildman–Crippen MR) is 114 cm³/mol. The Labute approximate surface area is 183 Å². The first kappa shape index (κ1) is 22.1. The van der Waals surface area contributed by atoms with Crippen LogP contribution in [0.4, 0.5) is 0 Å². The van der Waals surface area contributed by atoms with E-state index < -0.39 is 11.9 Å². The zero-order chi connectivity index (χ0) is 21.8. The van der Waals surface area contributed by atoms with Crippen LogP contribution >= 0.6 is 23.2 Å². The normalized spacial score (nSPS) is 11.0. The van der Waals surface area contributed by atoms with Crippen molar-refractivity contribution in [2.24, 2.45) is 0 Å². The Kier molecular flexibility index (Phi) is 6.97. The fraction of sp³-hybridized carbons (Fsp3) is 0.286. The highest BCUT2D eigenvalue weighted by molar-refractivity contribution is 6.40. The van der Waals surface area contributed by atoms with Crippen molar-refractivity contribution in [1.82, 2.24) is 9.55 Å². The molecule has 30 heavy (non-hydrogen) atoms. The Morgan fingerprint density at radius 1 is 1.03 bits per heavy atom. The third-order valence-corrected chi connectivity index (χ3v) is 5.04. The summed E-state index contributed by atoms with van der Waals surface area (Å²) < 4.78 is 17.0. The molecule has 0 aliphatic carbocycles. The van der Waals surface area contributed by atoms with Crippen molar-refractivity contribution in [3.63, 3.8) is 0 Å². The number of hydrogen-bond donors (Lipinski definition) is 0. The standard InChI is InChI=1S/C21H20Cl2N2O5/c1-4-29-20(26)13-8-6-12(7-9-13)18-16(21(27)30-5-2)17(23)14-10-15(22)25(11-28-3)19(14)24-18/h6-10H,4-5,11H2,1-3H3. The van der Waals surface area contributed by atoms with Crippen molar-refractivity contribution in [2.45, 2.75) is 20.6 Å². The van der Waals surface area contributed by atoms with E-state index in [-0.39, 0.29) is 30.5 Å². The first-order valence-corrected chi connectivity index (χ1v) is 10.00. The number of hydrogen-bond acceptors (Lipinski definition) is 6. The number of ether oxygens (including phenoxy) is 3. The fourth-order valence-electron chi connectivity index (χ4n) is 3.02. The van der Waals surface area contributed by atoms with Crippen molar-refractivity contribution in [3.05, 3.63) is 51.6 Å². The van der Waals surface area contributed by atoms with Crippen LogP contribution in [0.2, 0.25) is 10.2 Å².